The Bertz CT molecular complexity index is 486. The third-order valence-corrected chi connectivity index (χ3v) is 2.57. The Morgan fingerprint density at radius 2 is 1.44 bits per heavy atom. The number of benzene rings is 2. The summed E-state index contributed by atoms with van der Waals surface area (Å²) in [5.74, 6) is 0.298. The fourth-order valence-corrected chi connectivity index (χ4v) is 1.51. The third kappa shape index (κ3) is 1.80. The lowest BCUT2D eigenvalue weighted by Gasteiger charge is -2.06. The van der Waals surface area contributed by atoms with Gasteiger partial charge in [0.1, 0.15) is 11.5 Å². The van der Waals surface area contributed by atoms with Gasteiger partial charge < -0.3 is 15.9 Å². The maximum absolute atomic E-state index is 9.60. The molecule has 0 unspecified atom stereocenters. The van der Waals surface area contributed by atoms with Crippen molar-refractivity contribution in [2.24, 2.45) is 0 Å². The van der Waals surface area contributed by atoms with Gasteiger partial charge in [-0.25, -0.2) is 0 Å². The first-order valence-electron chi connectivity index (χ1n) is 4.96. The molecular formula is C13H13NO2. The fourth-order valence-electron chi connectivity index (χ4n) is 1.51. The van der Waals surface area contributed by atoms with Crippen molar-refractivity contribution in [1.82, 2.24) is 0 Å². The van der Waals surface area contributed by atoms with E-state index in [1.54, 1.807) is 24.3 Å². The first-order chi connectivity index (χ1) is 7.58. The molecule has 16 heavy (non-hydrogen) atoms. The average Bonchev–Trinajstić information content (AvgIpc) is 2.26. The van der Waals surface area contributed by atoms with Gasteiger partial charge in [-0.3, -0.25) is 0 Å². The van der Waals surface area contributed by atoms with Crippen LogP contribution in [0.4, 0.5) is 5.69 Å². The van der Waals surface area contributed by atoms with Crippen LogP contribution in [-0.2, 0) is 0 Å². The molecule has 0 spiro atoms. The molecule has 2 aromatic carbocycles. The van der Waals surface area contributed by atoms with Gasteiger partial charge in [0.15, 0.2) is 0 Å². The van der Waals surface area contributed by atoms with Crippen LogP contribution in [0, 0.1) is 6.92 Å². The van der Waals surface area contributed by atoms with Crippen molar-refractivity contribution in [3.8, 4) is 22.6 Å². The van der Waals surface area contributed by atoms with Crippen LogP contribution in [0.1, 0.15) is 5.56 Å². The van der Waals surface area contributed by atoms with Gasteiger partial charge in [-0.2, -0.15) is 0 Å². The summed E-state index contributed by atoms with van der Waals surface area (Å²) >= 11 is 0. The minimum absolute atomic E-state index is 0.0533. The minimum atomic E-state index is 0.0533. The molecule has 0 radical (unpaired) electrons. The summed E-state index contributed by atoms with van der Waals surface area (Å²) in [6, 6.07) is 10.4. The van der Waals surface area contributed by atoms with Crippen molar-refractivity contribution in [2.75, 3.05) is 5.73 Å². The summed E-state index contributed by atoms with van der Waals surface area (Å²) in [6.45, 7) is 1.83. The van der Waals surface area contributed by atoms with E-state index in [1.807, 2.05) is 19.1 Å². The number of nitrogen functional groups attached to an aromatic ring is 1. The van der Waals surface area contributed by atoms with E-state index in [2.05, 4.69) is 0 Å². The van der Waals surface area contributed by atoms with Gasteiger partial charge in [-0.15, -0.1) is 0 Å². The van der Waals surface area contributed by atoms with Gasteiger partial charge >= 0.3 is 0 Å². The van der Waals surface area contributed by atoms with Crippen molar-refractivity contribution in [3.05, 3.63) is 42.0 Å². The first kappa shape index (κ1) is 10.4. The molecule has 2 aromatic rings. The summed E-state index contributed by atoms with van der Waals surface area (Å²) in [5, 5.41) is 19.1. The summed E-state index contributed by atoms with van der Waals surface area (Å²) in [5.41, 5.74) is 8.36. The second-order valence-corrected chi connectivity index (χ2v) is 3.77. The largest absolute Gasteiger partial charge is 0.508 e. The summed E-state index contributed by atoms with van der Waals surface area (Å²) in [7, 11) is 0. The number of anilines is 1. The predicted octanol–water partition coefficient (Wildman–Crippen LogP) is 2.66. The van der Waals surface area contributed by atoms with Crippen molar-refractivity contribution in [3.63, 3.8) is 0 Å². The van der Waals surface area contributed by atoms with Crippen LogP contribution in [0.5, 0.6) is 11.5 Å². The highest BCUT2D eigenvalue weighted by atomic mass is 16.3. The van der Waals surface area contributed by atoms with Gasteiger partial charge in [0, 0.05) is 0 Å². The zero-order valence-corrected chi connectivity index (χ0v) is 8.94. The van der Waals surface area contributed by atoms with E-state index >= 15 is 0 Å². The molecule has 0 saturated heterocycles. The Morgan fingerprint density at radius 1 is 0.875 bits per heavy atom. The SMILES string of the molecule is Cc1ccc(-c2ccc(N)c(O)c2)cc1O. The lowest BCUT2D eigenvalue weighted by atomic mass is 10.0. The highest BCUT2D eigenvalue weighted by Gasteiger charge is 2.04. The van der Waals surface area contributed by atoms with E-state index < -0.39 is 0 Å². The lowest BCUT2D eigenvalue weighted by Crippen LogP contribution is -1.86. The third-order valence-electron chi connectivity index (χ3n) is 2.57. The lowest BCUT2D eigenvalue weighted by molar-refractivity contribution is 0.471. The van der Waals surface area contributed by atoms with Crippen LogP contribution >= 0.6 is 0 Å². The second-order valence-electron chi connectivity index (χ2n) is 3.77. The van der Waals surface area contributed by atoms with Gasteiger partial charge in [0.05, 0.1) is 5.69 Å². The van der Waals surface area contributed by atoms with Crippen molar-refractivity contribution in [1.29, 1.82) is 0 Å². The molecule has 0 aliphatic rings. The van der Waals surface area contributed by atoms with Crippen LogP contribution in [0.2, 0.25) is 0 Å². The molecule has 0 aromatic heterocycles. The van der Waals surface area contributed by atoms with Crippen LogP contribution in [0.25, 0.3) is 11.1 Å². The molecule has 4 N–H and O–H groups in total. The van der Waals surface area contributed by atoms with E-state index in [0.29, 0.717) is 5.69 Å². The maximum atomic E-state index is 9.60. The molecule has 0 heterocycles. The van der Waals surface area contributed by atoms with E-state index in [0.717, 1.165) is 16.7 Å². The molecule has 0 aliphatic heterocycles. The summed E-state index contributed by atoms with van der Waals surface area (Å²) in [6.07, 6.45) is 0. The Hall–Kier alpha value is -2.16. The smallest absolute Gasteiger partial charge is 0.139 e. The standard InChI is InChI=1S/C13H13NO2/c1-8-2-3-9(6-12(8)15)10-4-5-11(14)13(16)7-10/h2-7,15-16H,14H2,1H3. The second kappa shape index (κ2) is 3.77. The normalized spacial score (nSPS) is 10.3. The molecular weight excluding hydrogens is 202 g/mol. The Labute approximate surface area is 93.8 Å². The molecule has 0 fully saturated rings. The van der Waals surface area contributed by atoms with E-state index in [-0.39, 0.29) is 11.5 Å². The topological polar surface area (TPSA) is 66.5 Å². The van der Waals surface area contributed by atoms with Crippen molar-refractivity contribution < 1.29 is 10.2 Å². The van der Waals surface area contributed by atoms with Crippen LogP contribution in [-0.4, -0.2) is 10.2 Å². The van der Waals surface area contributed by atoms with Crippen LogP contribution in [0.15, 0.2) is 36.4 Å². The molecule has 0 aliphatic carbocycles. The van der Waals surface area contributed by atoms with Gasteiger partial charge in [-0.1, -0.05) is 18.2 Å². The highest BCUT2D eigenvalue weighted by Crippen LogP contribution is 2.30. The van der Waals surface area contributed by atoms with Gasteiger partial charge in [0.25, 0.3) is 0 Å². The molecule has 3 heteroatoms. The van der Waals surface area contributed by atoms with Crippen LogP contribution in [0.3, 0.4) is 0 Å². The number of aromatic hydroxyl groups is 2. The molecule has 82 valence electrons. The Kier molecular flexibility index (Phi) is 2.44. The first-order valence-corrected chi connectivity index (χ1v) is 4.96. The van der Waals surface area contributed by atoms with Crippen molar-refractivity contribution >= 4 is 5.69 Å². The number of aryl methyl sites for hydroxylation is 1. The van der Waals surface area contributed by atoms with Gasteiger partial charge in [-0.05, 0) is 41.8 Å². The number of nitrogens with two attached hydrogens (primary N) is 1. The number of hydrogen-bond acceptors (Lipinski definition) is 3. The quantitative estimate of drug-likeness (QED) is 0.506. The number of phenols is 2. The summed E-state index contributed by atoms with van der Waals surface area (Å²) in [4.78, 5) is 0. The average molecular weight is 215 g/mol. The van der Waals surface area contributed by atoms with Gasteiger partial charge in [0.2, 0.25) is 0 Å². The van der Waals surface area contributed by atoms with Crippen molar-refractivity contribution in [2.45, 2.75) is 6.92 Å². The van der Waals surface area contributed by atoms with E-state index in [4.69, 9.17) is 5.73 Å². The highest BCUT2D eigenvalue weighted by molar-refractivity contribution is 5.70. The predicted molar refractivity (Wildman–Crippen MR) is 64.4 cm³/mol. The monoisotopic (exact) mass is 215 g/mol. The zero-order valence-electron chi connectivity index (χ0n) is 8.94. The zero-order chi connectivity index (χ0) is 11.7. The fraction of sp³-hybridized carbons (Fsp3) is 0.0769. The Morgan fingerprint density at radius 3 is 2.00 bits per heavy atom. The molecule has 0 atom stereocenters. The molecule has 0 bridgehead atoms. The minimum Gasteiger partial charge on any atom is -0.508 e. The molecule has 0 amide bonds. The summed E-state index contributed by atoms with van der Waals surface area (Å²) < 4.78 is 0. The van der Waals surface area contributed by atoms with E-state index in [1.165, 1.54) is 0 Å². The molecule has 0 saturated carbocycles. The number of rotatable bonds is 1. The number of phenolic OH excluding ortho intramolecular Hbond substituents is 2. The maximum Gasteiger partial charge on any atom is 0.139 e. The van der Waals surface area contributed by atoms with E-state index in [9.17, 15) is 10.2 Å². The Balaban J connectivity index is 2.50. The molecule has 3 nitrogen and oxygen atoms in total. The molecule has 2 rings (SSSR count). The van der Waals surface area contributed by atoms with Crippen LogP contribution < -0.4 is 5.73 Å². The number of hydrogen-bond donors (Lipinski definition) is 3.